The van der Waals surface area contributed by atoms with E-state index in [1.54, 1.807) is 55.6 Å². The van der Waals surface area contributed by atoms with Gasteiger partial charge in [0.05, 0.1) is 12.5 Å². The Morgan fingerprint density at radius 1 is 1.12 bits per heavy atom. The summed E-state index contributed by atoms with van der Waals surface area (Å²) < 4.78 is 0. The van der Waals surface area contributed by atoms with E-state index in [1.807, 2.05) is 0 Å². The lowest BCUT2D eigenvalue weighted by Crippen LogP contribution is -2.22. The molecule has 1 unspecified atom stereocenters. The Hall–Kier alpha value is -2.37. The van der Waals surface area contributed by atoms with Gasteiger partial charge in [-0.3, -0.25) is 9.59 Å². The first-order valence-corrected chi connectivity index (χ1v) is 7.82. The van der Waals surface area contributed by atoms with Crippen LogP contribution in [0.25, 0.3) is 0 Å². The van der Waals surface area contributed by atoms with Gasteiger partial charge < -0.3 is 15.3 Å². The average molecular weight is 347 g/mol. The molecule has 1 atom stereocenters. The minimum absolute atomic E-state index is 0.0588. The lowest BCUT2D eigenvalue weighted by molar-refractivity contribution is -0.118. The van der Waals surface area contributed by atoms with Crippen LogP contribution in [0.3, 0.4) is 0 Å². The first-order chi connectivity index (χ1) is 11.4. The van der Waals surface area contributed by atoms with Gasteiger partial charge in [0.25, 0.3) is 0 Å². The zero-order valence-corrected chi connectivity index (χ0v) is 14.2. The van der Waals surface area contributed by atoms with Gasteiger partial charge >= 0.3 is 0 Å². The molecular formula is C18H19ClN2O3. The lowest BCUT2D eigenvalue weighted by Gasteiger charge is -2.16. The Labute approximate surface area is 145 Å². The number of hydrogen-bond donors (Lipinski definition) is 2. The second kappa shape index (κ2) is 7.95. The number of carbonyl (C=O) groups is 2. The summed E-state index contributed by atoms with van der Waals surface area (Å²) in [5, 5.41) is 13.4. The average Bonchev–Trinajstić information content (AvgIpc) is 2.55. The number of carbonyl (C=O) groups excluding carboxylic acids is 2. The maximum atomic E-state index is 12.0. The number of anilines is 2. The fraction of sp³-hybridized carbons (Fsp3) is 0.222. The van der Waals surface area contributed by atoms with E-state index in [0.717, 1.165) is 5.69 Å². The molecule has 2 amide bonds. The Morgan fingerprint density at radius 2 is 1.71 bits per heavy atom. The normalized spacial score (nSPS) is 11.7. The van der Waals surface area contributed by atoms with Crippen molar-refractivity contribution in [3.05, 3.63) is 59.1 Å². The van der Waals surface area contributed by atoms with Crippen molar-refractivity contribution < 1.29 is 14.7 Å². The maximum absolute atomic E-state index is 12.0. The van der Waals surface area contributed by atoms with Crippen LogP contribution in [0.15, 0.2) is 48.5 Å². The molecular weight excluding hydrogens is 328 g/mol. The van der Waals surface area contributed by atoms with Crippen molar-refractivity contribution in [1.29, 1.82) is 0 Å². The molecule has 0 aliphatic carbocycles. The van der Waals surface area contributed by atoms with Crippen LogP contribution in [0.1, 0.15) is 25.0 Å². The summed E-state index contributed by atoms with van der Waals surface area (Å²) in [4.78, 5) is 24.8. The highest BCUT2D eigenvalue weighted by Gasteiger charge is 2.13. The van der Waals surface area contributed by atoms with Gasteiger partial charge in [0, 0.05) is 30.4 Å². The van der Waals surface area contributed by atoms with E-state index < -0.39 is 6.10 Å². The Balaban J connectivity index is 1.94. The third-order valence-electron chi connectivity index (χ3n) is 3.64. The van der Waals surface area contributed by atoms with Gasteiger partial charge in [-0.15, -0.1) is 0 Å². The number of amides is 2. The second-order valence-corrected chi connectivity index (χ2v) is 5.88. The smallest absolute Gasteiger partial charge is 0.227 e. The van der Waals surface area contributed by atoms with Crippen LogP contribution in [-0.2, 0) is 9.59 Å². The number of nitrogens with zero attached hydrogens (tertiary/aromatic N) is 1. The standard InChI is InChI=1S/C18H19ClN2O3/c1-12(22)21(2)16-9-7-15(8-10-16)20-18(24)11-17(23)13-3-5-14(19)6-4-13/h3-10,17,23H,11H2,1-2H3,(H,20,24). The minimum atomic E-state index is -0.898. The summed E-state index contributed by atoms with van der Waals surface area (Å²) in [6, 6.07) is 13.6. The Bertz CT molecular complexity index is 714. The summed E-state index contributed by atoms with van der Waals surface area (Å²) in [5.74, 6) is -0.372. The van der Waals surface area contributed by atoms with Gasteiger partial charge in [-0.2, -0.15) is 0 Å². The predicted octanol–water partition coefficient (Wildman–Crippen LogP) is 3.38. The molecule has 0 radical (unpaired) electrons. The number of aliphatic hydroxyl groups is 1. The molecule has 24 heavy (non-hydrogen) atoms. The third-order valence-corrected chi connectivity index (χ3v) is 3.90. The number of rotatable bonds is 5. The minimum Gasteiger partial charge on any atom is -0.388 e. The lowest BCUT2D eigenvalue weighted by atomic mass is 10.1. The zero-order valence-electron chi connectivity index (χ0n) is 13.5. The molecule has 2 rings (SSSR count). The van der Waals surface area contributed by atoms with Crippen molar-refractivity contribution in [1.82, 2.24) is 0 Å². The fourth-order valence-electron chi connectivity index (χ4n) is 2.14. The van der Waals surface area contributed by atoms with Gasteiger partial charge in [-0.1, -0.05) is 23.7 Å². The molecule has 2 aromatic rings. The highest BCUT2D eigenvalue weighted by atomic mass is 35.5. The van der Waals surface area contributed by atoms with E-state index in [2.05, 4.69) is 5.32 Å². The molecule has 5 nitrogen and oxygen atoms in total. The summed E-state index contributed by atoms with van der Waals surface area (Å²) in [5.41, 5.74) is 1.97. The van der Waals surface area contributed by atoms with E-state index >= 15 is 0 Å². The zero-order chi connectivity index (χ0) is 17.7. The number of benzene rings is 2. The molecule has 0 aliphatic rings. The SMILES string of the molecule is CC(=O)N(C)c1ccc(NC(=O)CC(O)c2ccc(Cl)cc2)cc1. The molecule has 2 aromatic carbocycles. The summed E-state index contributed by atoms with van der Waals surface area (Å²) >= 11 is 5.80. The summed E-state index contributed by atoms with van der Waals surface area (Å²) in [6.07, 6.45) is -0.957. The molecule has 126 valence electrons. The molecule has 0 heterocycles. The Kier molecular flexibility index (Phi) is 5.95. The first-order valence-electron chi connectivity index (χ1n) is 7.44. The van der Waals surface area contributed by atoms with Gasteiger partial charge in [0.15, 0.2) is 0 Å². The molecule has 2 N–H and O–H groups in total. The number of hydrogen-bond acceptors (Lipinski definition) is 3. The van der Waals surface area contributed by atoms with Crippen LogP contribution in [0.2, 0.25) is 5.02 Å². The topological polar surface area (TPSA) is 69.6 Å². The predicted molar refractivity (Wildman–Crippen MR) is 95.2 cm³/mol. The number of nitrogens with one attached hydrogen (secondary N) is 1. The van der Waals surface area contributed by atoms with Gasteiger partial charge in [0.1, 0.15) is 0 Å². The molecule has 0 aliphatic heterocycles. The maximum Gasteiger partial charge on any atom is 0.227 e. The van der Waals surface area contributed by atoms with E-state index in [4.69, 9.17) is 11.6 Å². The second-order valence-electron chi connectivity index (χ2n) is 5.44. The van der Waals surface area contributed by atoms with Crippen LogP contribution >= 0.6 is 11.6 Å². The molecule has 0 fully saturated rings. The first kappa shape index (κ1) is 18.0. The molecule has 0 saturated heterocycles. The third kappa shape index (κ3) is 4.81. The van der Waals surface area contributed by atoms with E-state index in [1.165, 1.54) is 11.8 Å². The van der Waals surface area contributed by atoms with Crippen molar-refractivity contribution in [2.45, 2.75) is 19.4 Å². The quantitative estimate of drug-likeness (QED) is 0.871. The van der Waals surface area contributed by atoms with Gasteiger partial charge in [-0.25, -0.2) is 0 Å². The van der Waals surface area contributed by atoms with Crippen LogP contribution in [0.4, 0.5) is 11.4 Å². The summed E-state index contributed by atoms with van der Waals surface area (Å²) in [6.45, 7) is 1.48. The van der Waals surface area contributed by atoms with Gasteiger partial charge in [0.2, 0.25) is 11.8 Å². The van der Waals surface area contributed by atoms with Crippen LogP contribution in [0, 0.1) is 0 Å². The van der Waals surface area contributed by atoms with Gasteiger partial charge in [-0.05, 0) is 42.0 Å². The molecule has 0 aromatic heterocycles. The molecule has 6 heteroatoms. The Morgan fingerprint density at radius 3 is 2.25 bits per heavy atom. The van der Waals surface area contributed by atoms with Crippen LogP contribution in [-0.4, -0.2) is 24.0 Å². The van der Waals surface area contributed by atoms with Crippen molar-refractivity contribution in [3.8, 4) is 0 Å². The monoisotopic (exact) mass is 346 g/mol. The fourth-order valence-corrected chi connectivity index (χ4v) is 2.27. The molecule has 0 saturated carbocycles. The van der Waals surface area contributed by atoms with Crippen molar-refractivity contribution in [3.63, 3.8) is 0 Å². The number of halogens is 1. The van der Waals surface area contributed by atoms with E-state index in [9.17, 15) is 14.7 Å². The van der Waals surface area contributed by atoms with Crippen molar-refractivity contribution in [2.75, 3.05) is 17.3 Å². The van der Waals surface area contributed by atoms with Crippen LogP contribution < -0.4 is 10.2 Å². The van der Waals surface area contributed by atoms with E-state index in [0.29, 0.717) is 16.3 Å². The van der Waals surface area contributed by atoms with Crippen LogP contribution in [0.5, 0.6) is 0 Å². The molecule has 0 bridgehead atoms. The van der Waals surface area contributed by atoms with Crippen molar-refractivity contribution >= 4 is 34.8 Å². The number of aliphatic hydroxyl groups excluding tert-OH is 1. The largest absolute Gasteiger partial charge is 0.388 e. The van der Waals surface area contributed by atoms with E-state index in [-0.39, 0.29) is 18.2 Å². The molecule has 0 spiro atoms. The summed E-state index contributed by atoms with van der Waals surface area (Å²) in [7, 11) is 1.68. The highest BCUT2D eigenvalue weighted by molar-refractivity contribution is 6.30. The highest BCUT2D eigenvalue weighted by Crippen LogP contribution is 2.21. The van der Waals surface area contributed by atoms with Crippen molar-refractivity contribution in [2.24, 2.45) is 0 Å².